The minimum Gasteiger partial charge on any atom is -0.479 e. The van der Waals surface area contributed by atoms with Crippen molar-refractivity contribution in [2.45, 2.75) is 12.6 Å². The van der Waals surface area contributed by atoms with E-state index in [4.69, 9.17) is 5.11 Å². The van der Waals surface area contributed by atoms with Crippen molar-refractivity contribution in [3.05, 3.63) is 36.4 Å². The van der Waals surface area contributed by atoms with Gasteiger partial charge < -0.3 is 15.7 Å². The van der Waals surface area contributed by atoms with Gasteiger partial charge in [-0.1, -0.05) is 0 Å². The molecule has 0 radical (unpaired) electrons. The molecule has 2 heterocycles. The monoisotopic (exact) mass is 292 g/mol. The fourth-order valence-corrected chi connectivity index (χ4v) is 1.78. The molecule has 21 heavy (non-hydrogen) atoms. The van der Waals surface area contributed by atoms with Crippen molar-refractivity contribution < 1.29 is 14.7 Å². The van der Waals surface area contributed by atoms with Crippen LogP contribution in [-0.2, 0) is 18.4 Å². The van der Waals surface area contributed by atoms with E-state index in [-0.39, 0.29) is 0 Å². The molecular formula is C12H16N6O3. The highest BCUT2D eigenvalue weighted by Gasteiger charge is 2.23. The van der Waals surface area contributed by atoms with Gasteiger partial charge in [0.15, 0.2) is 6.04 Å². The summed E-state index contributed by atoms with van der Waals surface area (Å²) in [5.41, 5.74) is 0.409. The first kappa shape index (κ1) is 14.6. The van der Waals surface area contributed by atoms with Gasteiger partial charge in [-0.05, 0) is 6.07 Å². The number of rotatable bonds is 6. The van der Waals surface area contributed by atoms with Crippen molar-refractivity contribution in [1.29, 1.82) is 0 Å². The van der Waals surface area contributed by atoms with Crippen molar-refractivity contribution >= 4 is 12.0 Å². The molecule has 0 saturated carbocycles. The fourth-order valence-electron chi connectivity index (χ4n) is 1.78. The molecule has 0 fully saturated rings. The Morgan fingerprint density at radius 1 is 1.43 bits per heavy atom. The van der Waals surface area contributed by atoms with E-state index in [9.17, 15) is 9.59 Å². The molecule has 0 bridgehead atoms. The Morgan fingerprint density at radius 3 is 2.81 bits per heavy atom. The summed E-state index contributed by atoms with van der Waals surface area (Å²) in [4.78, 5) is 22.9. The van der Waals surface area contributed by atoms with Crippen molar-refractivity contribution in [3.63, 3.8) is 0 Å². The zero-order chi connectivity index (χ0) is 15.2. The van der Waals surface area contributed by atoms with Crippen molar-refractivity contribution in [2.75, 3.05) is 6.54 Å². The van der Waals surface area contributed by atoms with Gasteiger partial charge in [-0.25, -0.2) is 9.59 Å². The first-order valence-corrected chi connectivity index (χ1v) is 6.29. The molecule has 2 aromatic rings. The molecule has 9 heteroatoms. The molecule has 0 aliphatic carbocycles. The molecule has 0 saturated heterocycles. The third-order valence-corrected chi connectivity index (χ3v) is 2.77. The number of aromatic nitrogens is 4. The Kier molecular flexibility index (Phi) is 4.54. The number of carboxylic acids is 1. The van der Waals surface area contributed by atoms with Gasteiger partial charge in [0.2, 0.25) is 0 Å². The largest absolute Gasteiger partial charge is 0.479 e. The van der Waals surface area contributed by atoms with Crippen LogP contribution in [0.1, 0.15) is 11.6 Å². The number of hydrogen-bond donors (Lipinski definition) is 3. The highest BCUT2D eigenvalue weighted by Crippen LogP contribution is 2.11. The number of carbonyl (C=O) groups is 2. The van der Waals surface area contributed by atoms with Crippen LogP contribution < -0.4 is 10.6 Å². The number of urea groups is 1. The number of carbonyl (C=O) groups excluding carboxylic acids is 1. The second-order valence-corrected chi connectivity index (χ2v) is 4.39. The summed E-state index contributed by atoms with van der Waals surface area (Å²) in [5, 5.41) is 22.0. The minimum atomic E-state index is -1.15. The molecule has 0 aromatic carbocycles. The SMILES string of the molecule is Cn1cc(C(NC(=O)NCCn2cccn2)C(=O)O)cn1. The zero-order valence-corrected chi connectivity index (χ0v) is 11.4. The van der Waals surface area contributed by atoms with E-state index in [0.29, 0.717) is 18.7 Å². The summed E-state index contributed by atoms with van der Waals surface area (Å²) < 4.78 is 3.14. The molecule has 0 aliphatic heterocycles. The Morgan fingerprint density at radius 2 is 2.24 bits per heavy atom. The maximum atomic E-state index is 11.7. The van der Waals surface area contributed by atoms with Crippen molar-refractivity contribution in [3.8, 4) is 0 Å². The Labute approximate surface area is 120 Å². The Hall–Kier alpha value is -2.84. The lowest BCUT2D eigenvalue weighted by atomic mass is 10.1. The van der Waals surface area contributed by atoms with E-state index in [1.807, 2.05) is 0 Å². The lowest BCUT2D eigenvalue weighted by Crippen LogP contribution is -2.41. The fraction of sp³-hybridized carbons (Fsp3) is 0.333. The maximum Gasteiger partial charge on any atom is 0.331 e. The lowest BCUT2D eigenvalue weighted by Gasteiger charge is -2.13. The minimum absolute atomic E-state index is 0.340. The molecule has 9 nitrogen and oxygen atoms in total. The van der Waals surface area contributed by atoms with E-state index in [0.717, 1.165) is 0 Å². The average molecular weight is 292 g/mol. The molecule has 3 N–H and O–H groups in total. The van der Waals surface area contributed by atoms with Crippen LogP contribution in [0.15, 0.2) is 30.9 Å². The predicted molar refractivity (Wildman–Crippen MR) is 72.3 cm³/mol. The van der Waals surface area contributed by atoms with Crippen LogP contribution in [0.3, 0.4) is 0 Å². The van der Waals surface area contributed by atoms with Crippen LogP contribution in [-0.4, -0.2) is 43.2 Å². The van der Waals surface area contributed by atoms with Gasteiger partial charge in [0.25, 0.3) is 0 Å². The number of aliphatic carboxylic acids is 1. The highest BCUT2D eigenvalue weighted by molar-refractivity contribution is 5.83. The van der Waals surface area contributed by atoms with E-state index in [1.165, 1.54) is 10.9 Å². The number of nitrogens with zero attached hydrogens (tertiary/aromatic N) is 4. The highest BCUT2D eigenvalue weighted by atomic mass is 16.4. The molecule has 2 aromatic heterocycles. The molecule has 112 valence electrons. The number of nitrogens with one attached hydrogen (secondary N) is 2. The second kappa shape index (κ2) is 6.55. The van der Waals surface area contributed by atoms with Crippen LogP contribution in [0.25, 0.3) is 0 Å². The van der Waals surface area contributed by atoms with Gasteiger partial charge in [0.05, 0.1) is 12.7 Å². The molecule has 1 unspecified atom stereocenters. The number of amides is 2. The summed E-state index contributed by atoms with van der Waals surface area (Å²) in [7, 11) is 1.67. The molecule has 0 spiro atoms. The maximum absolute atomic E-state index is 11.7. The molecule has 0 aliphatic rings. The third-order valence-electron chi connectivity index (χ3n) is 2.77. The van der Waals surface area contributed by atoms with E-state index in [1.54, 1.807) is 36.4 Å². The van der Waals surface area contributed by atoms with Gasteiger partial charge >= 0.3 is 12.0 Å². The molecule has 2 rings (SSSR count). The number of hydrogen-bond acceptors (Lipinski definition) is 4. The Balaban J connectivity index is 1.85. The van der Waals surface area contributed by atoms with Gasteiger partial charge in [-0.3, -0.25) is 9.36 Å². The summed E-state index contributed by atoms with van der Waals surface area (Å²) in [6, 6.07) is 0.0879. The van der Waals surface area contributed by atoms with Crippen LogP contribution in [0.2, 0.25) is 0 Å². The van der Waals surface area contributed by atoms with E-state index >= 15 is 0 Å². The lowest BCUT2D eigenvalue weighted by molar-refractivity contribution is -0.139. The van der Waals surface area contributed by atoms with Gasteiger partial charge in [0.1, 0.15) is 0 Å². The molecule has 2 amide bonds. The van der Waals surface area contributed by atoms with Crippen LogP contribution in [0.4, 0.5) is 4.79 Å². The predicted octanol–water partition coefficient (Wildman–Crippen LogP) is -0.258. The van der Waals surface area contributed by atoms with Crippen molar-refractivity contribution in [1.82, 2.24) is 30.2 Å². The number of carboxylic acid groups (broad SMARTS) is 1. The second-order valence-electron chi connectivity index (χ2n) is 4.39. The van der Waals surface area contributed by atoms with E-state index in [2.05, 4.69) is 20.8 Å². The summed E-state index contributed by atoms with van der Waals surface area (Å²) in [5.74, 6) is -1.15. The quantitative estimate of drug-likeness (QED) is 0.679. The standard InChI is InChI=1S/C12H16N6O3/c1-17-8-9(7-15-17)10(11(19)20)16-12(21)13-4-6-18-5-2-3-14-18/h2-3,5,7-8,10H,4,6H2,1H3,(H,19,20)(H2,13,16,21). The first-order chi connectivity index (χ1) is 10.1. The zero-order valence-electron chi connectivity index (χ0n) is 11.4. The third kappa shape index (κ3) is 4.06. The summed E-state index contributed by atoms with van der Waals surface area (Å²) in [6.45, 7) is 0.845. The van der Waals surface area contributed by atoms with Crippen LogP contribution >= 0.6 is 0 Å². The van der Waals surface area contributed by atoms with E-state index < -0.39 is 18.0 Å². The number of aryl methyl sites for hydroxylation is 1. The normalized spacial score (nSPS) is 11.9. The summed E-state index contributed by atoms with van der Waals surface area (Å²) in [6.07, 6.45) is 6.36. The first-order valence-electron chi connectivity index (χ1n) is 6.29. The van der Waals surface area contributed by atoms with Crippen molar-refractivity contribution in [2.24, 2.45) is 7.05 Å². The van der Waals surface area contributed by atoms with Gasteiger partial charge in [-0.2, -0.15) is 10.2 Å². The topological polar surface area (TPSA) is 114 Å². The Bertz CT molecular complexity index is 606. The summed E-state index contributed by atoms with van der Waals surface area (Å²) >= 11 is 0. The van der Waals surface area contributed by atoms with Gasteiger partial charge in [-0.15, -0.1) is 0 Å². The van der Waals surface area contributed by atoms with Gasteiger partial charge in [0, 0.05) is 37.7 Å². The molecular weight excluding hydrogens is 276 g/mol. The van der Waals surface area contributed by atoms with Crippen LogP contribution in [0.5, 0.6) is 0 Å². The average Bonchev–Trinajstić information content (AvgIpc) is 3.07. The molecule has 1 atom stereocenters. The smallest absolute Gasteiger partial charge is 0.331 e. The van der Waals surface area contributed by atoms with Crippen LogP contribution in [0, 0.1) is 0 Å².